The summed E-state index contributed by atoms with van der Waals surface area (Å²) < 4.78 is 21.8. The number of nitrogens with one attached hydrogen (secondary N) is 1. The zero-order valence-corrected chi connectivity index (χ0v) is 22.2. The summed E-state index contributed by atoms with van der Waals surface area (Å²) in [5, 5.41) is 3.38. The van der Waals surface area contributed by atoms with Crippen molar-refractivity contribution in [1.29, 1.82) is 0 Å². The van der Waals surface area contributed by atoms with Gasteiger partial charge in [0.2, 0.25) is 11.8 Å². The van der Waals surface area contributed by atoms with Gasteiger partial charge >= 0.3 is 5.97 Å². The van der Waals surface area contributed by atoms with Crippen LogP contribution in [0.2, 0.25) is 0 Å². The fraction of sp³-hybridized carbons (Fsp3) is 0.300. The molecule has 5 rings (SSSR count). The van der Waals surface area contributed by atoms with Crippen LogP contribution < -0.4 is 24.4 Å². The van der Waals surface area contributed by atoms with Crippen LogP contribution in [0.5, 0.6) is 17.2 Å². The summed E-state index contributed by atoms with van der Waals surface area (Å²) in [4.78, 5) is 43.2. The van der Waals surface area contributed by atoms with Crippen molar-refractivity contribution >= 4 is 23.5 Å². The molecular weight excluding hydrogens is 500 g/mol. The van der Waals surface area contributed by atoms with Gasteiger partial charge in [0.25, 0.3) is 0 Å². The van der Waals surface area contributed by atoms with Crippen LogP contribution in [0.4, 0.5) is 5.69 Å². The standard InChI is InChI=1S/C30H30N2O7/c1-5-39-20-13-11-19(12-14-20)32-27(33)24-25(28(32)34)30(29(35)38-4,18-9-7-6-8-10-18)31-26(24)22-16-15-21(36-2)17-23(22)37-3/h6-17,24-26,31H,5H2,1-4H3/t24-,25+,26-,30+/m0/s1. The van der Waals surface area contributed by atoms with E-state index in [0.717, 1.165) is 4.90 Å². The molecule has 3 aromatic carbocycles. The van der Waals surface area contributed by atoms with Crippen LogP contribution in [0.15, 0.2) is 72.8 Å². The molecular formula is C30H30N2O7. The predicted molar refractivity (Wildman–Crippen MR) is 143 cm³/mol. The Morgan fingerprint density at radius 1 is 0.897 bits per heavy atom. The molecule has 9 heteroatoms. The van der Waals surface area contributed by atoms with Gasteiger partial charge in [-0.15, -0.1) is 0 Å². The number of hydrogen-bond donors (Lipinski definition) is 1. The fourth-order valence-corrected chi connectivity index (χ4v) is 5.80. The van der Waals surface area contributed by atoms with Crippen molar-refractivity contribution in [3.05, 3.63) is 83.9 Å². The van der Waals surface area contributed by atoms with Crippen molar-refractivity contribution < 1.29 is 33.3 Å². The molecule has 4 atom stereocenters. The second-order valence-corrected chi connectivity index (χ2v) is 9.34. The van der Waals surface area contributed by atoms with Gasteiger partial charge in [0, 0.05) is 17.7 Å². The summed E-state index contributed by atoms with van der Waals surface area (Å²) in [5.41, 5.74) is -0.0837. The molecule has 0 aromatic heterocycles. The van der Waals surface area contributed by atoms with Crippen LogP contribution in [0.3, 0.4) is 0 Å². The summed E-state index contributed by atoms with van der Waals surface area (Å²) in [6, 6.07) is 20.1. The average molecular weight is 531 g/mol. The van der Waals surface area contributed by atoms with E-state index in [4.69, 9.17) is 18.9 Å². The lowest BCUT2D eigenvalue weighted by molar-refractivity contribution is -0.152. The third kappa shape index (κ3) is 4.10. The number of ether oxygens (including phenoxy) is 4. The van der Waals surface area contributed by atoms with Gasteiger partial charge in [0.1, 0.15) is 17.2 Å². The van der Waals surface area contributed by atoms with E-state index in [1.807, 2.05) is 13.0 Å². The van der Waals surface area contributed by atoms with Gasteiger partial charge in [0.15, 0.2) is 5.54 Å². The van der Waals surface area contributed by atoms with Gasteiger partial charge in [-0.2, -0.15) is 0 Å². The Bertz CT molecular complexity index is 1390. The van der Waals surface area contributed by atoms with E-state index in [9.17, 15) is 14.4 Å². The second-order valence-electron chi connectivity index (χ2n) is 9.34. The highest BCUT2D eigenvalue weighted by molar-refractivity contribution is 6.24. The van der Waals surface area contributed by atoms with Crippen molar-refractivity contribution in [2.24, 2.45) is 11.8 Å². The van der Waals surface area contributed by atoms with E-state index in [2.05, 4.69) is 5.32 Å². The van der Waals surface area contributed by atoms with Gasteiger partial charge in [-0.1, -0.05) is 36.4 Å². The van der Waals surface area contributed by atoms with Gasteiger partial charge in [-0.25, -0.2) is 9.69 Å². The maximum atomic E-state index is 14.2. The Kier molecular flexibility index (Phi) is 7.01. The molecule has 2 fully saturated rings. The lowest BCUT2D eigenvalue weighted by Gasteiger charge is -2.33. The molecule has 2 heterocycles. The van der Waals surface area contributed by atoms with Crippen LogP contribution in [0.25, 0.3) is 0 Å². The smallest absolute Gasteiger partial charge is 0.331 e. The van der Waals surface area contributed by atoms with Crippen LogP contribution in [0, 0.1) is 11.8 Å². The minimum absolute atomic E-state index is 0.398. The number of carbonyl (C=O) groups excluding carboxylic acids is 3. The van der Waals surface area contributed by atoms with Crippen LogP contribution >= 0.6 is 0 Å². The SMILES string of the molecule is CCOc1ccc(N2C(=O)[C@@H]3[C@H](c4ccc(OC)cc4OC)N[C@](C(=O)OC)(c4ccccc4)[C@H]3C2=O)cc1. The highest BCUT2D eigenvalue weighted by Gasteiger charge is 2.70. The molecule has 2 amide bonds. The minimum Gasteiger partial charge on any atom is -0.497 e. The maximum Gasteiger partial charge on any atom is 0.331 e. The summed E-state index contributed by atoms with van der Waals surface area (Å²) in [6.45, 7) is 2.36. The number of rotatable bonds is 8. The van der Waals surface area contributed by atoms with Crippen molar-refractivity contribution in [2.45, 2.75) is 18.5 Å². The number of imide groups is 1. The lowest BCUT2D eigenvalue weighted by atomic mass is 9.75. The number of nitrogens with zero attached hydrogens (tertiary/aromatic N) is 1. The molecule has 9 nitrogen and oxygen atoms in total. The number of amides is 2. The Morgan fingerprint density at radius 3 is 2.21 bits per heavy atom. The third-order valence-electron chi connectivity index (χ3n) is 7.48. The topological polar surface area (TPSA) is 103 Å². The first-order valence-electron chi connectivity index (χ1n) is 12.7. The minimum atomic E-state index is -1.62. The highest BCUT2D eigenvalue weighted by Crippen LogP contribution is 2.55. The van der Waals surface area contributed by atoms with Crippen molar-refractivity contribution in [3.8, 4) is 17.2 Å². The van der Waals surface area contributed by atoms with E-state index in [-0.39, 0.29) is 0 Å². The molecule has 2 aliphatic heterocycles. The predicted octanol–water partition coefficient (Wildman–Crippen LogP) is 3.62. The van der Waals surface area contributed by atoms with Gasteiger partial charge in [-0.05, 0) is 42.8 Å². The fourth-order valence-electron chi connectivity index (χ4n) is 5.80. The number of benzene rings is 3. The molecule has 0 saturated carbocycles. The molecule has 202 valence electrons. The van der Waals surface area contributed by atoms with Crippen LogP contribution in [-0.4, -0.2) is 45.7 Å². The van der Waals surface area contributed by atoms with E-state index in [0.29, 0.717) is 40.7 Å². The molecule has 39 heavy (non-hydrogen) atoms. The number of carbonyl (C=O) groups is 3. The van der Waals surface area contributed by atoms with Crippen molar-refractivity contribution in [2.75, 3.05) is 32.8 Å². The lowest BCUT2D eigenvalue weighted by Crippen LogP contribution is -2.53. The van der Waals surface area contributed by atoms with Crippen LogP contribution in [0.1, 0.15) is 24.1 Å². The molecule has 2 saturated heterocycles. The second kappa shape index (κ2) is 10.4. The molecule has 0 bridgehead atoms. The van der Waals surface area contributed by atoms with Crippen LogP contribution in [-0.2, 0) is 24.7 Å². The highest BCUT2D eigenvalue weighted by atomic mass is 16.5. The zero-order valence-electron chi connectivity index (χ0n) is 22.2. The number of hydrogen-bond acceptors (Lipinski definition) is 8. The molecule has 2 aliphatic rings. The van der Waals surface area contributed by atoms with Gasteiger partial charge < -0.3 is 18.9 Å². The summed E-state index contributed by atoms with van der Waals surface area (Å²) in [5.74, 6) is -1.94. The Labute approximate surface area is 226 Å². The molecule has 1 N–H and O–H groups in total. The maximum absolute atomic E-state index is 14.2. The van der Waals surface area contributed by atoms with Gasteiger partial charge in [-0.3, -0.25) is 14.9 Å². The number of esters is 1. The summed E-state index contributed by atoms with van der Waals surface area (Å²) in [7, 11) is 4.34. The molecule has 0 unspecified atom stereocenters. The van der Waals surface area contributed by atoms with Gasteiger partial charge in [0.05, 0.1) is 45.5 Å². The van der Waals surface area contributed by atoms with Crippen molar-refractivity contribution in [1.82, 2.24) is 5.32 Å². The normalized spacial score (nSPS) is 23.9. The first-order valence-corrected chi connectivity index (χ1v) is 12.7. The number of fused-ring (bicyclic) bond motifs is 1. The molecule has 0 aliphatic carbocycles. The largest absolute Gasteiger partial charge is 0.497 e. The zero-order chi connectivity index (χ0) is 27.7. The summed E-state index contributed by atoms with van der Waals surface area (Å²) in [6.07, 6.45) is 0. The Morgan fingerprint density at radius 2 is 1.59 bits per heavy atom. The monoisotopic (exact) mass is 530 g/mol. The van der Waals surface area contributed by atoms with E-state index < -0.39 is 41.2 Å². The molecule has 0 radical (unpaired) electrons. The third-order valence-corrected chi connectivity index (χ3v) is 7.48. The first-order chi connectivity index (χ1) is 18.9. The molecule has 0 spiro atoms. The Hall–Kier alpha value is -4.37. The quantitative estimate of drug-likeness (QED) is 0.348. The average Bonchev–Trinajstić information content (AvgIpc) is 3.47. The Balaban J connectivity index is 1.70. The first kappa shape index (κ1) is 26.2. The van der Waals surface area contributed by atoms with E-state index >= 15 is 0 Å². The summed E-state index contributed by atoms with van der Waals surface area (Å²) >= 11 is 0. The van der Waals surface area contributed by atoms with E-state index in [1.54, 1.807) is 73.8 Å². The van der Waals surface area contributed by atoms with Crippen molar-refractivity contribution in [3.63, 3.8) is 0 Å². The van der Waals surface area contributed by atoms with E-state index in [1.165, 1.54) is 14.2 Å². The molecule has 3 aromatic rings. The number of methoxy groups -OCH3 is 3. The number of anilines is 1.